The van der Waals surface area contributed by atoms with Gasteiger partial charge in [0, 0.05) is 6.07 Å². The summed E-state index contributed by atoms with van der Waals surface area (Å²) >= 11 is 0. The molecule has 0 aliphatic rings. The normalized spacial score (nSPS) is 12.6. The number of methoxy groups -OCH3 is 1. The van der Waals surface area contributed by atoms with Crippen molar-refractivity contribution in [3.8, 4) is 11.4 Å². The van der Waals surface area contributed by atoms with E-state index in [1.807, 2.05) is 0 Å². The van der Waals surface area contributed by atoms with E-state index in [4.69, 9.17) is 9.47 Å². The Hall–Kier alpha value is -3.04. The number of ether oxygens (including phenoxy) is 2. The summed E-state index contributed by atoms with van der Waals surface area (Å²) in [5.41, 5.74) is -0.401. The number of carboxylic acids is 1. The molecule has 1 aromatic heterocycles. The van der Waals surface area contributed by atoms with Crippen LogP contribution in [0.25, 0.3) is 5.69 Å². The third-order valence-corrected chi connectivity index (χ3v) is 3.22. The second kappa shape index (κ2) is 6.83. The highest BCUT2D eigenvalue weighted by Gasteiger charge is 2.34. The van der Waals surface area contributed by atoms with Gasteiger partial charge < -0.3 is 14.6 Å². The van der Waals surface area contributed by atoms with Crippen molar-refractivity contribution in [1.29, 1.82) is 0 Å². The quantitative estimate of drug-likeness (QED) is 0.654. The van der Waals surface area contributed by atoms with Gasteiger partial charge in [0.1, 0.15) is 11.5 Å². The number of benzene rings is 1. The summed E-state index contributed by atoms with van der Waals surface area (Å²) < 4.78 is 48.1. The van der Waals surface area contributed by atoms with E-state index in [0.29, 0.717) is 11.8 Å². The number of hydrogen-bond acceptors (Lipinski definition) is 5. The van der Waals surface area contributed by atoms with Crippen LogP contribution in [0.15, 0.2) is 35.9 Å². The fraction of sp³-hybridized carbons (Fsp3) is 0.267. The Labute approximate surface area is 140 Å². The highest BCUT2D eigenvalue weighted by atomic mass is 19.4. The molecule has 1 aromatic carbocycles. The van der Waals surface area contributed by atoms with Crippen LogP contribution < -0.4 is 4.74 Å². The van der Waals surface area contributed by atoms with E-state index in [1.165, 1.54) is 26.2 Å². The molecule has 2 aromatic rings. The topological polar surface area (TPSA) is 86.5 Å². The molecule has 0 saturated carbocycles. The zero-order valence-corrected chi connectivity index (χ0v) is 13.5. The zero-order valence-electron chi connectivity index (χ0n) is 13.5. The predicted octanol–water partition coefficient (Wildman–Crippen LogP) is 2.94. The van der Waals surface area contributed by atoms with Crippen molar-refractivity contribution in [2.45, 2.75) is 20.0 Å². The Kier molecular flexibility index (Phi) is 5.00. The maximum atomic E-state index is 12.6. The molecule has 0 atom stereocenters. The van der Waals surface area contributed by atoms with Crippen molar-refractivity contribution in [1.82, 2.24) is 15.0 Å². The number of carbonyl (C=O) groups is 1. The number of alkyl halides is 3. The van der Waals surface area contributed by atoms with Gasteiger partial charge in [0.2, 0.25) is 5.76 Å². The summed E-state index contributed by atoms with van der Waals surface area (Å²) in [5.74, 6) is -1.63. The minimum atomic E-state index is -4.61. The highest BCUT2D eigenvalue weighted by Crippen LogP contribution is 2.28. The predicted molar refractivity (Wildman–Crippen MR) is 79.1 cm³/mol. The van der Waals surface area contributed by atoms with Crippen molar-refractivity contribution in [3.63, 3.8) is 0 Å². The molecular weight excluding hydrogens is 343 g/mol. The Morgan fingerprint density at radius 2 is 2.00 bits per heavy atom. The molecule has 0 fully saturated rings. The first-order chi connectivity index (χ1) is 11.6. The number of nitrogens with zero attached hydrogens (tertiary/aromatic N) is 3. The number of aryl methyl sites for hydroxylation is 1. The van der Waals surface area contributed by atoms with Crippen molar-refractivity contribution in [3.05, 3.63) is 47.2 Å². The lowest BCUT2D eigenvalue weighted by atomic mass is 10.2. The van der Waals surface area contributed by atoms with Crippen LogP contribution in [-0.2, 0) is 15.7 Å². The number of rotatable bonds is 5. The van der Waals surface area contributed by atoms with Gasteiger partial charge in [-0.1, -0.05) is 6.07 Å². The molecule has 25 heavy (non-hydrogen) atoms. The highest BCUT2D eigenvalue weighted by molar-refractivity contribution is 5.85. The lowest BCUT2D eigenvalue weighted by molar-refractivity contribution is -0.141. The standard InChI is InChI=1S/C15H14F3N3O4/c1-8-4-5-10(21-19-7-12(20-21)15(16,17)18)6-11(8)25-13(14(22)23)9(2)24-3/h4-7H,1-3H3,(H,22,23)/b13-9-. The minimum Gasteiger partial charge on any atom is -0.497 e. The van der Waals surface area contributed by atoms with Crippen LogP contribution in [0.4, 0.5) is 13.2 Å². The molecule has 0 aliphatic carbocycles. The van der Waals surface area contributed by atoms with Crippen LogP contribution >= 0.6 is 0 Å². The van der Waals surface area contributed by atoms with Gasteiger partial charge in [-0.05, 0) is 25.5 Å². The van der Waals surface area contributed by atoms with Crippen molar-refractivity contribution >= 4 is 5.97 Å². The average Bonchev–Trinajstić information content (AvgIpc) is 3.03. The van der Waals surface area contributed by atoms with Gasteiger partial charge in [-0.2, -0.15) is 23.1 Å². The summed E-state index contributed by atoms with van der Waals surface area (Å²) in [7, 11) is 1.29. The summed E-state index contributed by atoms with van der Waals surface area (Å²) in [5, 5.41) is 16.1. The van der Waals surface area contributed by atoms with Crippen molar-refractivity contribution in [2.24, 2.45) is 0 Å². The van der Waals surface area contributed by atoms with Crippen LogP contribution in [0.1, 0.15) is 18.2 Å². The van der Waals surface area contributed by atoms with Crippen LogP contribution in [0, 0.1) is 6.92 Å². The summed E-state index contributed by atoms with van der Waals surface area (Å²) in [4.78, 5) is 12.0. The molecule has 134 valence electrons. The Morgan fingerprint density at radius 3 is 2.52 bits per heavy atom. The first-order valence-electron chi connectivity index (χ1n) is 6.90. The SMILES string of the molecule is CO/C(C)=C(\Oc1cc(-n2ncc(C(F)(F)F)n2)ccc1C)C(=O)O. The van der Waals surface area contributed by atoms with E-state index >= 15 is 0 Å². The molecular formula is C15H14F3N3O4. The second-order valence-electron chi connectivity index (χ2n) is 4.96. The summed E-state index contributed by atoms with van der Waals surface area (Å²) in [6.45, 7) is 3.06. The number of halogens is 3. The average molecular weight is 357 g/mol. The van der Waals surface area contributed by atoms with Gasteiger partial charge in [0.25, 0.3) is 0 Å². The fourth-order valence-corrected chi connectivity index (χ4v) is 1.81. The Morgan fingerprint density at radius 1 is 1.32 bits per heavy atom. The molecule has 0 amide bonds. The van der Waals surface area contributed by atoms with Gasteiger partial charge in [-0.3, -0.25) is 0 Å². The van der Waals surface area contributed by atoms with E-state index in [1.54, 1.807) is 13.0 Å². The Bertz CT molecular complexity index is 828. The monoisotopic (exact) mass is 357 g/mol. The smallest absolute Gasteiger partial charge is 0.436 e. The molecule has 0 aliphatic heterocycles. The van der Waals surface area contributed by atoms with Crippen LogP contribution in [-0.4, -0.2) is 33.2 Å². The number of allylic oxidation sites excluding steroid dienone is 1. The van der Waals surface area contributed by atoms with Crippen molar-refractivity contribution < 1.29 is 32.5 Å². The first kappa shape index (κ1) is 18.3. The van der Waals surface area contributed by atoms with E-state index in [9.17, 15) is 23.1 Å². The number of aromatic nitrogens is 3. The van der Waals surface area contributed by atoms with E-state index in [2.05, 4.69) is 10.2 Å². The van der Waals surface area contributed by atoms with Gasteiger partial charge in [0.15, 0.2) is 5.69 Å². The Balaban J connectivity index is 2.41. The summed E-state index contributed by atoms with van der Waals surface area (Å²) in [6, 6.07) is 4.36. The van der Waals surface area contributed by atoms with Gasteiger partial charge in [0.05, 0.1) is 19.0 Å². The lowest BCUT2D eigenvalue weighted by Gasteiger charge is -2.12. The molecule has 0 bridgehead atoms. The molecule has 0 unspecified atom stereocenters. The second-order valence-corrected chi connectivity index (χ2v) is 4.96. The zero-order chi connectivity index (χ0) is 18.8. The molecule has 10 heteroatoms. The van der Waals surface area contributed by atoms with Crippen LogP contribution in [0.3, 0.4) is 0 Å². The maximum absolute atomic E-state index is 12.6. The largest absolute Gasteiger partial charge is 0.497 e. The van der Waals surface area contributed by atoms with Crippen LogP contribution in [0.5, 0.6) is 5.75 Å². The maximum Gasteiger partial charge on any atom is 0.436 e. The van der Waals surface area contributed by atoms with Gasteiger partial charge >= 0.3 is 12.1 Å². The first-order valence-corrected chi connectivity index (χ1v) is 6.90. The van der Waals surface area contributed by atoms with E-state index < -0.39 is 23.6 Å². The third-order valence-electron chi connectivity index (χ3n) is 3.22. The fourth-order valence-electron chi connectivity index (χ4n) is 1.81. The van der Waals surface area contributed by atoms with E-state index in [-0.39, 0.29) is 17.2 Å². The third kappa shape index (κ3) is 4.08. The van der Waals surface area contributed by atoms with Crippen LogP contribution in [0.2, 0.25) is 0 Å². The molecule has 1 N–H and O–H groups in total. The molecule has 0 radical (unpaired) electrons. The van der Waals surface area contributed by atoms with Gasteiger partial charge in [-0.25, -0.2) is 4.79 Å². The molecule has 2 rings (SSSR count). The molecule has 0 saturated heterocycles. The number of aliphatic carboxylic acids is 1. The van der Waals surface area contributed by atoms with E-state index in [0.717, 1.165) is 4.80 Å². The number of hydrogen-bond donors (Lipinski definition) is 1. The summed E-state index contributed by atoms with van der Waals surface area (Å²) in [6.07, 6.45) is -4.02. The van der Waals surface area contributed by atoms with Crippen molar-refractivity contribution in [2.75, 3.05) is 7.11 Å². The molecule has 7 nitrogen and oxygen atoms in total. The minimum absolute atomic E-state index is 0.0360. The lowest BCUT2D eigenvalue weighted by Crippen LogP contribution is -2.12. The molecule has 1 heterocycles. The van der Waals surface area contributed by atoms with Gasteiger partial charge in [-0.15, -0.1) is 5.10 Å². The number of carboxylic acid groups (broad SMARTS) is 1. The molecule has 0 spiro atoms.